The molecule has 2 aromatic carbocycles. The number of rotatable bonds is 3. The Hall–Kier alpha value is -1.68. The molecule has 0 bridgehead atoms. The van der Waals surface area contributed by atoms with Gasteiger partial charge >= 0.3 is 0 Å². The molecule has 0 spiro atoms. The molecule has 0 amide bonds. The van der Waals surface area contributed by atoms with Gasteiger partial charge in [-0.05, 0) is 36.2 Å². The minimum absolute atomic E-state index is 0.195. The first-order valence-electron chi connectivity index (χ1n) is 8.89. The summed E-state index contributed by atoms with van der Waals surface area (Å²) in [5.41, 5.74) is 3.76. The summed E-state index contributed by atoms with van der Waals surface area (Å²) in [6.45, 7) is 10.0. The van der Waals surface area contributed by atoms with Crippen LogP contribution in [-0.2, 0) is 12.0 Å². The quantitative estimate of drug-likeness (QED) is 0.425. The first-order valence-corrected chi connectivity index (χ1v) is 10.0. The van der Waals surface area contributed by atoms with Crippen LogP contribution in [0.2, 0.25) is 15.1 Å². The number of benzene rings is 2. The molecule has 0 saturated heterocycles. The Morgan fingerprint density at radius 2 is 1.85 bits per heavy atom. The predicted molar refractivity (Wildman–Crippen MR) is 116 cm³/mol. The topological polar surface area (TPSA) is 21.1 Å². The van der Waals surface area contributed by atoms with Gasteiger partial charge in [-0.2, -0.15) is 0 Å². The highest BCUT2D eigenvalue weighted by Crippen LogP contribution is 2.41. The summed E-state index contributed by atoms with van der Waals surface area (Å²) in [7, 11) is 0. The molecule has 0 radical (unpaired) electrons. The average Bonchev–Trinajstić information content (AvgIpc) is 3.03. The minimum atomic E-state index is -0.195. The highest BCUT2D eigenvalue weighted by atomic mass is 35.5. The van der Waals surface area contributed by atoms with E-state index >= 15 is 0 Å². The second-order valence-corrected chi connectivity index (χ2v) is 8.63. The Labute approximate surface area is 174 Å². The van der Waals surface area contributed by atoms with Gasteiger partial charge in [-0.15, -0.1) is 6.58 Å². The number of fused-ring (bicyclic) bond motifs is 3. The monoisotopic (exact) mass is 419 g/mol. The number of allylic oxidation sites excluding steroid dienone is 1. The van der Waals surface area contributed by atoms with Crippen molar-refractivity contribution < 1.29 is 0 Å². The fraction of sp³-hybridized carbons (Fsp3) is 0.286. The summed E-state index contributed by atoms with van der Waals surface area (Å²) >= 11 is 19.1. The molecule has 27 heavy (non-hydrogen) atoms. The largest absolute Gasteiger partial charge is 0.310 e. The first kappa shape index (κ1) is 18.7. The standard InChI is InChI=1S/C21H20Cl3N3/c1-4-21(2,3)14-7-8-15(23)18-19(14)27-11-5-10-26(20(27)25-18)17-9-6-13(22)12-16(17)24/h4,6-9,12H,1,5,10-11H2,2-3H3. The van der Waals surface area contributed by atoms with Crippen molar-refractivity contribution in [1.29, 1.82) is 0 Å². The summed E-state index contributed by atoms with van der Waals surface area (Å²) in [6, 6.07) is 9.55. The van der Waals surface area contributed by atoms with Crippen LogP contribution >= 0.6 is 34.8 Å². The molecule has 0 N–H and O–H groups in total. The minimum Gasteiger partial charge on any atom is -0.310 e. The molecule has 3 nitrogen and oxygen atoms in total. The Bertz CT molecular complexity index is 1050. The summed E-state index contributed by atoms with van der Waals surface area (Å²) in [5.74, 6) is 0.856. The van der Waals surface area contributed by atoms with Crippen LogP contribution in [0, 0.1) is 0 Å². The van der Waals surface area contributed by atoms with Crippen LogP contribution in [0.4, 0.5) is 11.6 Å². The molecular weight excluding hydrogens is 401 g/mol. The molecule has 6 heteroatoms. The number of aryl methyl sites for hydroxylation is 1. The van der Waals surface area contributed by atoms with Gasteiger partial charge in [0.05, 0.1) is 21.2 Å². The maximum atomic E-state index is 6.52. The van der Waals surface area contributed by atoms with E-state index in [1.54, 1.807) is 6.07 Å². The third-order valence-electron chi connectivity index (χ3n) is 5.23. The van der Waals surface area contributed by atoms with Crippen molar-refractivity contribution in [1.82, 2.24) is 9.55 Å². The molecule has 0 fully saturated rings. The van der Waals surface area contributed by atoms with Crippen molar-refractivity contribution in [2.75, 3.05) is 11.4 Å². The van der Waals surface area contributed by atoms with Gasteiger partial charge in [0, 0.05) is 23.5 Å². The van der Waals surface area contributed by atoms with Crippen LogP contribution in [0.15, 0.2) is 43.0 Å². The maximum absolute atomic E-state index is 6.52. The molecule has 1 aliphatic rings. The van der Waals surface area contributed by atoms with Gasteiger partial charge in [-0.1, -0.05) is 60.8 Å². The fourth-order valence-corrected chi connectivity index (χ4v) is 4.36. The van der Waals surface area contributed by atoms with Crippen molar-refractivity contribution in [2.24, 2.45) is 0 Å². The first-order chi connectivity index (χ1) is 12.8. The van der Waals surface area contributed by atoms with Gasteiger partial charge in [0.15, 0.2) is 0 Å². The van der Waals surface area contributed by atoms with Gasteiger partial charge in [-0.25, -0.2) is 4.98 Å². The number of nitrogens with zero attached hydrogens (tertiary/aromatic N) is 3. The summed E-state index contributed by atoms with van der Waals surface area (Å²) < 4.78 is 2.25. The van der Waals surface area contributed by atoms with Crippen LogP contribution in [-0.4, -0.2) is 16.1 Å². The smallest absolute Gasteiger partial charge is 0.211 e. The van der Waals surface area contributed by atoms with E-state index in [2.05, 4.69) is 36.0 Å². The van der Waals surface area contributed by atoms with Gasteiger partial charge in [-0.3, -0.25) is 0 Å². The number of anilines is 2. The number of hydrogen-bond acceptors (Lipinski definition) is 2. The fourth-order valence-electron chi connectivity index (χ4n) is 3.66. The molecule has 0 atom stereocenters. The Morgan fingerprint density at radius 3 is 2.56 bits per heavy atom. The highest BCUT2D eigenvalue weighted by molar-refractivity contribution is 6.36. The predicted octanol–water partition coefficient (Wildman–Crippen LogP) is 7.00. The van der Waals surface area contributed by atoms with E-state index in [1.165, 1.54) is 5.56 Å². The van der Waals surface area contributed by atoms with Crippen LogP contribution < -0.4 is 4.90 Å². The molecule has 2 heterocycles. The average molecular weight is 421 g/mol. The third-order valence-corrected chi connectivity index (χ3v) is 6.08. The lowest BCUT2D eigenvalue weighted by Gasteiger charge is -2.31. The van der Waals surface area contributed by atoms with E-state index in [4.69, 9.17) is 39.8 Å². The van der Waals surface area contributed by atoms with Crippen LogP contribution in [0.1, 0.15) is 25.8 Å². The Balaban J connectivity index is 1.98. The van der Waals surface area contributed by atoms with Crippen molar-refractivity contribution in [3.8, 4) is 0 Å². The zero-order valence-electron chi connectivity index (χ0n) is 15.3. The summed E-state index contributed by atoms with van der Waals surface area (Å²) in [5, 5.41) is 1.88. The molecule has 4 rings (SSSR count). The lowest BCUT2D eigenvalue weighted by molar-refractivity contribution is 0.596. The van der Waals surface area contributed by atoms with Gasteiger partial charge < -0.3 is 9.47 Å². The second-order valence-electron chi connectivity index (χ2n) is 7.38. The van der Waals surface area contributed by atoms with E-state index in [-0.39, 0.29) is 5.41 Å². The van der Waals surface area contributed by atoms with Gasteiger partial charge in [0.25, 0.3) is 0 Å². The van der Waals surface area contributed by atoms with Gasteiger partial charge in [0.2, 0.25) is 5.95 Å². The van der Waals surface area contributed by atoms with Crippen LogP contribution in [0.5, 0.6) is 0 Å². The molecule has 140 valence electrons. The van der Waals surface area contributed by atoms with Crippen LogP contribution in [0.3, 0.4) is 0 Å². The zero-order valence-corrected chi connectivity index (χ0v) is 17.5. The summed E-state index contributed by atoms with van der Waals surface area (Å²) in [4.78, 5) is 7.06. The second kappa shape index (κ2) is 6.73. The number of imidazole rings is 1. The lowest BCUT2D eigenvalue weighted by Crippen LogP contribution is -2.28. The Kier molecular flexibility index (Phi) is 4.66. The summed E-state index contributed by atoms with van der Waals surface area (Å²) in [6.07, 6.45) is 2.95. The SMILES string of the molecule is C=CC(C)(C)c1ccc(Cl)c2nc3n(c12)CCCN3c1ccc(Cl)cc1Cl. The van der Waals surface area contributed by atoms with Crippen molar-refractivity contribution in [2.45, 2.75) is 32.2 Å². The van der Waals surface area contributed by atoms with E-state index in [0.717, 1.165) is 42.2 Å². The molecule has 0 unspecified atom stereocenters. The molecule has 3 aromatic rings. The molecule has 0 saturated carbocycles. The zero-order chi connectivity index (χ0) is 19.3. The van der Waals surface area contributed by atoms with Crippen molar-refractivity contribution in [3.05, 3.63) is 63.6 Å². The molecule has 1 aliphatic heterocycles. The van der Waals surface area contributed by atoms with E-state index < -0.39 is 0 Å². The van der Waals surface area contributed by atoms with Gasteiger partial charge in [0.1, 0.15) is 5.52 Å². The van der Waals surface area contributed by atoms with E-state index in [9.17, 15) is 0 Å². The molecule has 1 aromatic heterocycles. The number of aromatic nitrogens is 2. The maximum Gasteiger partial charge on any atom is 0.211 e. The van der Waals surface area contributed by atoms with Crippen molar-refractivity contribution >= 4 is 57.5 Å². The lowest BCUT2D eigenvalue weighted by atomic mass is 9.84. The molecular formula is C21H20Cl3N3. The van der Waals surface area contributed by atoms with E-state index in [0.29, 0.717) is 15.1 Å². The van der Waals surface area contributed by atoms with E-state index in [1.807, 2.05) is 24.3 Å². The van der Waals surface area contributed by atoms with Crippen molar-refractivity contribution in [3.63, 3.8) is 0 Å². The normalized spacial score (nSPS) is 14.5. The Morgan fingerprint density at radius 1 is 1.07 bits per heavy atom. The highest BCUT2D eigenvalue weighted by Gasteiger charge is 2.29. The number of hydrogen-bond donors (Lipinski definition) is 0. The molecule has 0 aliphatic carbocycles. The van der Waals surface area contributed by atoms with Crippen LogP contribution in [0.25, 0.3) is 11.0 Å². The third kappa shape index (κ3) is 3.02. The number of halogens is 3.